The minimum absolute atomic E-state index is 0.0593. The SMILES string of the molecule is CCOC(=O)N/C(CC)=C1/CN(C(=O)Nc2c(F)ccc3cc(Cl)oc23)C(C)(C)C1=N. The van der Waals surface area contributed by atoms with E-state index in [4.69, 9.17) is 26.2 Å². The first-order valence-corrected chi connectivity index (χ1v) is 10.2. The van der Waals surface area contributed by atoms with E-state index in [1.807, 2.05) is 6.92 Å². The van der Waals surface area contributed by atoms with Gasteiger partial charge in [0.2, 0.25) is 0 Å². The molecule has 166 valence electrons. The molecule has 3 rings (SSSR count). The van der Waals surface area contributed by atoms with Gasteiger partial charge in [-0.05, 0) is 50.9 Å². The van der Waals surface area contributed by atoms with Crippen molar-refractivity contribution in [3.63, 3.8) is 0 Å². The molecule has 0 saturated carbocycles. The van der Waals surface area contributed by atoms with Crippen LogP contribution in [0, 0.1) is 11.2 Å². The second kappa shape index (κ2) is 8.58. The predicted octanol–water partition coefficient (Wildman–Crippen LogP) is 5.28. The molecule has 1 aromatic heterocycles. The largest absolute Gasteiger partial charge is 0.450 e. The van der Waals surface area contributed by atoms with E-state index in [-0.39, 0.29) is 35.4 Å². The Morgan fingerprint density at radius 3 is 2.71 bits per heavy atom. The van der Waals surface area contributed by atoms with Crippen molar-refractivity contribution in [2.75, 3.05) is 18.5 Å². The highest BCUT2D eigenvalue weighted by Gasteiger charge is 2.44. The molecule has 1 aliphatic heterocycles. The van der Waals surface area contributed by atoms with Gasteiger partial charge < -0.3 is 24.8 Å². The molecule has 3 amide bonds. The van der Waals surface area contributed by atoms with Crippen molar-refractivity contribution in [2.24, 2.45) is 0 Å². The van der Waals surface area contributed by atoms with E-state index < -0.39 is 23.5 Å². The number of hydrogen-bond donors (Lipinski definition) is 3. The molecule has 1 saturated heterocycles. The number of carbonyl (C=O) groups is 2. The first-order chi connectivity index (χ1) is 14.6. The number of nitrogens with zero attached hydrogens (tertiary/aromatic N) is 1. The van der Waals surface area contributed by atoms with Gasteiger partial charge in [0.05, 0.1) is 24.4 Å². The summed E-state index contributed by atoms with van der Waals surface area (Å²) in [4.78, 5) is 26.4. The molecule has 0 aliphatic carbocycles. The van der Waals surface area contributed by atoms with E-state index in [2.05, 4.69) is 10.6 Å². The number of alkyl carbamates (subject to hydrolysis) is 1. The van der Waals surface area contributed by atoms with Crippen LogP contribution in [0.3, 0.4) is 0 Å². The third-order valence-corrected chi connectivity index (χ3v) is 5.42. The van der Waals surface area contributed by atoms with Crippen molar-refractivity contribution in [2.45, 2.75) is 39.7 Å². The number of hydrogen-bond acceptors (Lipinski definition) is 5. The van der Waals surface area contributed by atoms with E-state index in [1.54, 1.807) is 20.8 Å². The zero-order valence-corrected chi connectivity index (χ0v) is 18.4. The van der Waals surface area contributed by atoms with E-state index in [0.29, 0.717) is 23.1 Å². The van der Waals surface area contributed by atoms with Crippen LogP contribution in [-0.4, -0.2) is 41.4 Å². The summed E-state index contributed by atoms with van der Waals surface area (Å²) in [6.45, 7) is 7.21. The summed E-state index contributed by atoms with van der Waals surface area (Å²) in [5, 5.41) is 14.4. The molecule has 1 aliphatic rings. The molecular formula is C21H24ClFN4O4. The number of halogens is 2. The van der Waals surface area contributed by atoms with Gasteiger partial charge in [-0.25, -0.2) is 14.0 Å². The molecule has 2 aromatic rings. The second-order valence-electron chi connectivity index (χ2n) is 7.50. The van der Waals surface area contributed by atoms with Gasteiger partial charge in [-0.15, -0.1) is 0 Å². The number of amides is 3. The molecule has 0 radical (unpaired) electrons. The Hall–Kier alpha value is -3.07. The summed E-state index contributed by atoms with van der Waals surface area (Å²) in [6.07, 6.45) is -0.190. The molecule has 3 N–H and O–H groups in total. The fraction of sp³-hybridized carbons (Fsp3) is 0.381. The number of carbonyl (C=O) groups excluding carboxylic acids is 2. The quantitative estimate of drug-likeness (QED) is 0.588. The maximum Gasteiger partial charge on any atom is 0.411 e. The van der Waals surface area contributed by atoms with Crippen molar-refractivity contribution < 1.29 is 23.1 Å². The highest BCUT2D eigenvalue weighted by atomic mass is 35.5. The molecule has 1 aromatic carbocycles. The number of allylic oxidation sites excluding steroid dienone is 1. The van der Waals surface area contributed by atoms with Crippen LogP contribution < -0.4 is 10.6 Å². The Labute approximate surface area is 183 Å². The van der Waals surface area contributed by atoms with E-state index in [9.17, 15) is 14.0 Å². The zero-order valence-electron chi connectivity index (χ0n) is 17.7. The van der Waals surface area contributed by atoms with Crippen molar-refractivity contribution in [1.82, 2.24) is 10.2 Å². The van der Waals surface area contributed by atoms with Gasteiger partial charge in [-0.2, -0.15) is 0 Å². The van der Waals surface area contributed by atoms with Gasteiger partial charge in [0.1, 0.15) is 5.69 Å². The average molecular weight is 451 g/mol. The number of anilines is 1. The van der Waals surface area contributed by atoms with Gasteiger partial charge in [-0.1, -0.05) is 6.92 Å². The summed E-state index contributed by atoms with van der Waals surface area (Å²) < 4.78 is 24.7. The van der Waals surface area contributed by atoms with Crippen LogP contribution in [0.2, 0.25) is 5.22 Å². The van der Waals surface area contributed by atoms with Crippen molar-refractivity contribution in [3.05, 3.63) is 40.5 Å². The number of nitrogens with one attached hydrogen (secondary N) is 3. The van der Waals surface area contributed by atoms with Crippen LogP contribution in [-0.2, 0) is 4.74 Å². The van der Waals surface area contributed by atoms with Gasteiger partial charge in [-0.3, -0.25) is 5.32 Å². The topological polar surface area (TPSA) is 108 Å². The zero-order chi connectivity index (χ0) is 22.9. The van der Waals surface area contributed by atoms with Crippen LogP contribution in [0.15, 0.2) is 33.9 Å². The smallest absolute Gasteiger partial charge is 0.411 e. The molecule has 0 atom stereocenters. The fourth-order valence-corrected chi connectivity index (χ4v) is 3.71. The van der Waals surface area contributed by atoms with Gasteiger partial charge in [0, 0.05) is 22.7 Å². The summed E-state index contributed by atoms with van der Waals surface area (Å²) in [6, 6.07) is 3.62. The van der Waals surface area contributed by atoms with Crippen LogP contribution in [0.1, 0.15) is 34.1 Å². The monoisotopic (exact) mass is 450 g/mol. The average Bonchev–Trinajstić information content (AvgIpc) is 3.19. The van der Waals surface area contributed by atoms with Crippen LogP contribution in [0.25, 0.3) is 11.0 Å². The molecule has 0 unspecified atom stereocenters. The van der Waals surface area contributed by atoms with E-state index in [0.717, 1.165) is 0 Å². The third kappa shape index (κ3) is 4.23. The summed E-state index contributed by atoms with van der Waals surface area (Å²) in [7, 11) is 0. The fourth-order valence-electron chi connectivity index (χ4n) is 3.52. The molecule has 31 heavy (non-hydrogen) atoms. The minimum Gasteiger partial charge on any atom is -0.450 e. The summed E-state index contributed by atoms with van der Waals surface area (Å²) >= 11 is 5.88. The van der Waals surface area contributed by atoms with E-state index in [1.165, 1.54) is 23.1 Å². The maximum atomic E-state index is 14.5. The second-order valence-corrected chi connectivity index (χ2v) is 7.87. The molecule has 8 nitrogen and oxygen atoms in total. The lowest BCUT2D eigenvalue weighted by atomic mass is 9.95. The minimum atomic E-state index is -0.999. The number of urea groups is 1. The highest BCUT2D eigenvalue weighted by molar-refractivity contribution is 6.30. The van der Waals surface area contributed by atoms with Crippen molar-refractivity contribution >= 4 is 46.1 Å². The first kappa shape index (κ1) is 22.6. The maximum absolute atomic E-state index is 14.5. The normalized spacial score (nSPS) is 17.1. The van der Waals surface area contributed by atoms with Crippen LogP contribution in [0.4, 0.5) is 19.7 Å². The Kier molecular flexibility index (Phi) is 6.26. The van der Waals surface area contributed by atoms with Crippen molar-refractivity contribution in [1.29, 1.82) is 5.41 Å². The third-order valence-electron chi connectivity index (χ3n) is 5.23. The molecular weight excluding hydrogens is 427 g/mol. The Morgan fingerprint density at radius 2 is 2.06 bits per heavy atom. The Bertz CT molecular complexity index is 1090. The van der Waals surface area contributed by atoms with Crippen molar-refractivity contribution in [3.8, 4) is 0 Å². The molecule has 10 heteroatoms. The summed E-state index contributed by atoms with van der Waals surface area (Å²) in [5.74, 6) is -0.673. The lowest BCUT2D eigenvalue weighted by Crippen LogP contribution is -2.48. The number of fused-ring (bicyclic) bond motifs is 1. The lowest BCUT2D eigenvalue weighted by molar-refractivity contribution is 0.155. The number of likely N-dealkylation sites (tertiary alicyclic amines) is 1. The Morgan fingerprint density at radius 1 is 1.35 bits per heavy atom. The van der Waals surface area contributed by atoms with Crippen LogP contribution in [0.5, 0.6) is 0 Å². The van der Waals surface area contributed by atoms with Gasteiger partial charge in [0.25, 0.3) is 0 Å². The molecule has 0 spiro atoms. The number of furan rings is 1. The predicted molar refractivity (Wildman–Crippen MR) is 116 cm³/mol. The molecule has 2 heterocycles. The molecule has 1 fully saturated rings. The highest BCUT2D eigenvalue weighted by Crippen LogP contribution is 2.35. The first-order valence-electron chi connectivity index (χ1n) is 9.81. The van der Waals surface area contributed by atoms with E-state index >= 15 is 0 Å². The number of benzene rings is 1. The standard InChI is InChI=1S/C21H24ClFN4O4/c1-5-14(25-20(29)30-6-2)12-10-27(21(3,4)18(12)24)19(28)26-16-13(23)8-7-11-9-15(22)31-17(11)16/h7-9,24H,5-6,10H2,1-4H3,(H,25,29)(H,26,28)/b14-12-,24-18?. The van der Waals surface area contributed by atoms with Crippen LogP contribution >= 0.6 is 11.6 Å². The summed E-state index contributed by atoms with van der Waals surface area (Å²) in [5.41, 5.74) is 0.180. The number of ether oxygens (including phenoxy) is 1. The number of rotatable bonds is 4. The van der Waals surface area contributed by atoms with Gasteiger partial charge >= 0.3 is 12.1 Å². The molecule has 0 bridgehead atoms. The van der Waals surface area contributed by atoms with Gasteiger partial charge in [0.15, 0.2) is 16.6 Å². The Balaban J connectivity index is 1.92. The lowest BCUT2D eigenvalue weighted by Gasteiger charge is -2.30.